The Balaban J connectivity index is 0. The van der Waals surface area contributed by atoms with E-state index in [-0.39, 0.29) is 17.0 Å². The van der Waals surface area contributed by atoms with Crippen LogP contribution in [0.5, 0.6) is 0 Å². The second-order valence-electron chi connectivity index (χ2n) is 4.78. The lowest BCUT2D eigenvalue weighted by Gasteiger charge is -2.42. The van der Waals surface area contributed by atoms with Gasteiger partial charge in [0.15, 0.2) is 0 Å². The van der Waals surface area contributed by atoms with E-state index in [9.17, 15) is 77.6 Å². The Kier molecular flexibility index (Phi) is 8.19. The van der Waals surface area contributed by atoms with Gasteiger partial charge in [-0.2, -0.15) is 65.9 Å². The number of hydrogen-bond acceptors (Lipinski definition) is 0. The van der Waals surface area contributed by atoms with Crippen LogP contribution in [0.1, 0.15) is 0 Å². The summed E-state index contributed by atoms with van der Waals surface area (Å²) in [6.07, 6.45) is -7.79. The van der Waals surface area contributed by atoms with Crippen molar-refractivity contribution in [2.45, 2.75) is 45.8 Å². The maximum Gasteiger partial charge on any atom is 0.716 e. The Bertz CT molecular complexity index is 548. The summed E-state index contributed by atoms with van der Waals surface area (Å²) in [5, 5.41) is 0. The predicted octanol–water partition coefficient (Wildman–Crippen LogP) is 6.12. The number of rotatable bonds is 7. The first-order valence-corrected chi connectivity index (χ1v) is 6.83. The summed E-state index contributed by atoms with van der Waals surface area (Å²) in [7, 11) is 0. The molecule has 0 spiro atoms. The van der Waals surface area contributed by atoms with E-state index in [2.05, 4.69) is 0 Å². The van der Waals surface area contributed by atoms with Crippen molar-refractivity contribution in [2.75, 3.05) is 0 Å². The average Bonchev–Trinajstić information content (AvgIpc) is 2.44. The van der Waals surface area contributed by atoms with Crippen molar-refractivity contribution in [2.24, 2.45) is 0 Å². The molecule has 0 atom stereocenters. The monoisotopic (exact) mass is 542 g/mol. The molecule has 0 saturated carbocycles. The lowest BCUT2D eigenvalue weighted by molar-refractivity contribution is -0.458. The summed E-state index contributed by atoms with van der Waals surface area (Å²) in [4.78, 5) is 0. The van der Waals surface area contributed by atoms with Gasteiger partial charge in [-0.25, -0.2) is 8.78 Å². The Morgan fingerprint density at radius 3 is 0.786 bits per heavy atom. The van der Waals surface area contributed by atoms with Crippen molar-refractivity contribution in [3.05, 3.63) is 0 Å². The fourth-order valence-electron chi connectivity index (χ4n) is 1.28. The molecule has 0 saturated heterocycles. The zero-order valence-electron chi connectivity index (χ0n) is 11.9. The van der Waals surface area contributed by atoms with Gasteiger partial charge in [-0.1, -0.05) is 0 Å². The molecule has 0 N–H and O–H groups in total. The van der Waals surface area contributed by atoms with Crippen molar-refractivity contribution in [1.29, 1.82) is 0 Å². The highest BCUT2D eigenvalue weighted by Gasteiger charge is 2.95. The van der Waals surface area contributed by atoms with Crippen molar-refractivity contribution >= 4 is 37.9 Å². The third-order valence-corrected chi connectivity index (χ3v) is 3.73. The summed E-state index contributed by atoms with van der Waals surface area (Å²) in [6, 6.07) is 0. The number of alkyl halides is 17. The van der Waals surface area contributed by atoms with Crippen LogP contribution in [0, 0.1) is 0 Å². The normalized spacial score (nSPS) is 15.8. The number of hydrogen-bond donors (Lipinski definition) is 0. The fourth-order valence-corrected chi connectivity index (χ4v) is 1.67. The van der Waals surface area contributed by atoms with Gasteiger partial charge < -0.3 is 2.96 Å². The van der Waals surface area contributed by atoms with Crippen LogP contribution in [0.25, 0.3) is 0 Å². The van der Waals surface area contributed by atoms with E-state index in [1.807, 2.05) is 0 Å². The highest BCUT2D eigenvalue weighted by molar-refractivity contribution is 8.93. The largest absolute Gasteiger partial charge is 0.716 e. The standard InChI is InChI=1S/C8F17.BrH.FH.Mg/c9-1(10)2(11,12)3(13,14)4(15,16)5(17,18)6(19,20)7(21,22)8(23,24)25;;;/h;2*1H;/q;;;+1/p-1. The highest BCUT2D eigenvalue weighted by Crippen LogP contribution is 2.63. The first-order chi connectivity index (χ1) is 11.3. The lowest BCUT2D eigenvalue weighted by atomic mass is 9.91. The zero-order valence-corrected chi connectivity index (χ0v) is 15.0. The minimum Gasteiger partial charge on any atom is -0.476 e. The van der Waals surface area contributed by atoms with Gasteiger partial charge in [-0.15, -0.1) is 17.0 Å². The van der Waals surface area contributed by atoms with E-state index >= 15 is 0 Å². The molecule has 20 heteroatoms. The van der Waals surface area contributed by atoms with Crippen LogP contribution in [0.15, 0.2) is 0 Å². The molecule has 0 nitrogen and oxygen atoms in total. The molecule has 168 valence electrons. The molecule has 0 unspecified atom stereocenters. The van der Waals surface area contributed by atoms with E-state index in [0.717, 1.165) is 0 Å². The van der Waals surface area contributed by atoms with Gasteiger partial charge >= 0.3 is 62.6 Å². The molecule has 0 aromatic rings. The van der Waals surface area contributed by atoms with E-state index in [1.54, 1.807) is 0 Å². The van der Waals surface area contributed by atoms with Crippen molar-refractivity contribution in [1.82, 2.24) is 0 Å². The molecule has 0 aliphatic carbocycles. The Morgan fingerprint density at radius 1 is 0.357 bits per heavy atom. The summed E-state index contributed by atoms with van der Waals surface area (Å²) in [5.41, 5.74) is 0. The first-order valence-electron chi connectivity index (χ1n) is 5.58. The van der Waals surface area contributed by atoms with E-state index in [1.165, 1.54) is 0 Å². The Morgan fingerprint density at radius 2 is 0.571 bits per heavy atom. The third kappa shape index (κ3) is 3.73. The topological polar surface area (TPSA) is 0 Å². The molecule has 0 rings (SSSR count). The predicted molar refractivity (Wildman–Crippen MR) is 57.9 cm³/mol. The summed E-state index contributed by atoms with van der Waals surface area (Å²) in [6.45, 7) is 0. The van der Waals surface area contributed by atoms with Crippen LogP contribution in [0.4, 0.5) is 77.6 Å². The molecular formula is C8HBrF18Mg. The fraction of sp³-hybridized carbons (Fsp3) is 1.00. The number of halogens is 19. The van der Waals surface area contributed by atoms with Crippen LogP contribution < -0.4 is 0 Å². The molecular weight excluding hydrogens is 542 g/mol. The van der Waals surface area contributed by atoms with Crippen molar-refractivity contribution in [3.63, 3.8) is 0 Å². The SMILES string of the molecule is Br.[F][Mg][C](F)(F)C(F)(F)C(F)(F)C(F)(F)C(F)(F)C(F)(F)C(F)(F)C(F)(F)F. The molecule has 0 aromatic carbocycles. The molecule has 0 heterocycles. The van der Waals surface area contributed by atoms with Crippen LogP contribution in [0.3, 0.4) is 0 Å². The van der Waals surface area contributed by atoms with E-state index < -0.39 is 66.7 Å². The second kappa shape index (κ2) is 7.59. The quantitative estimate of drug-likeness (QED) is 0.268. The van der Waals surface area contributed by atoms with Crippen LogP contribution in [-0.4, -0.2) is 66.7 Å². The summed E-state index contributed by atoms with van der Waals surface area (Å²) >= 11 is -5.28. The van der Waals surface area contributed by atoms with Crippen molar-refractivity contribution in [3.8, 4) is 0 Å². The smallest absolute Gasteiger partial charge is 0.476 e. The van der Waals surface area contributed by atoms with Gasteiger partial charge in [0.2, 0.25) is 0 Å². The zero-order chi connectivity index (χ0) is 22.7. The van der Waals surface area contributed by atoms with Crippen LogP contribution in [0.2, 0.25) is 0 Å². The Labute approximate surface area is 161 Å². The van der Waals surface area contributed by atoms with Crippen LogP contribution in [-0.2, 0) is 0 Å². The minimum absolute atomic E-state index is 0. The molecule has 0 radical (unpaired) electrons. The molecule has 0 bridgehead atoms. The third-order valence-electron chi connectivity index (χ3n) is 2.95. The van der Waals surface area contributed by atoms with Gasteiger partial charge in [0, 0.05) is 0 Å². The van der Waals surface area contributed by atoms with Gasteiger partial charge in [0.05, 0.1) is 0 Å². The Hall–Kier alpha value is -0.0138. The molecule has 0 aliphatic heterocycles. The summed E-state index contributed by atoms with van der Waals surface area (Å²) < 4.78 is 218. The molecule has 0 amide bonds. The highest BCUT2D eigenvalue weighted by atomic mass is 79.9. The van der Waals surface area contributed by atoms with Gasteiger partial charge in [0.1, 0.15) is 0 Å². The molecule has 28 heavy (non-hydrogen) atoms. The van der Waals surface area contributed by atoms with E-state index in [4.69, 9.17) is 0 Å². The average molecular weight is 543 g/mol. The first kappa shape index (κ1) is 30.2. The maximum absolute atomic E-state index is 13.0. The maximum atomic E-state index is 13.0. The van der Waals surface area contributed by atoms with Gasteiger partial charge in [-0.3, -0.25) is 0 Å². The minimum atomic E-state index is -8.67. The van der Waals surface area contributed by atoms with Gasteiger partial charge in [0.25, 0.3) is 4.05 Å². The molecule has 0 aromatic heterocycles. The van der Waals surface area contributed by atoms with Gasteiger partial charge in [-0.05, 0) is 0 Å². The van der Waals surface area contributed by atoms with E-state index in [0.29, 0.717) is 0 Å². The molecule has 0 aliphatic rings. The van der Waals surface area contributed by atoms with Crippen molar-refractivity contribution < 1.29 is 77.6 Å². The summed E-state index contributed by atoms with van der Waals surface area (Å²) in [5.74, 6) is -50.3. The van der Waals surface area contributed by atoms with Crippen LogP contribution >= 0.6 is 17.0 Å². The second-order valence-corrected chi connectivity index (χ2v) is 5.94. The lowest BCUT2D eigenvalue weighted by Crippen LogP contribution is -2.74. The molecule has 0 fully saturated rings.